The van der Waals surface area contributed by atoms with Crippen LogP contribution in [0.4, 0.5) is 4.39 Å². The maximum atomic E-state index is 13.4. The molecule has 5 nitrogen and oxygen atoms in total. The fraction of sp³-hybridized carbons (Fsp3) is 0.350. The number of likely N-dealkylation sites (tertiary alicyclic amines) is 1. The molecule has 2 aromatic heterocycles. The van der Waals surface area contributed by atoms with Gasteiger partial charge in [-0.25, -0.2) is 4.39 Å². The molecule has 0 bridgehead atoms. The molecular formula is C20H19ClFN3O2S. The Bertz CT molecular complexity index is 974. The molecule has 1 unspecified atom stereocenters. The summed E-state index contributed by atoms with van der Waals surface area (Å²) < 4.78 is 19.6. The van der Waals surface area contributed by atoms with Crippen molar-refractivity contribution in [3.05, 3.63) is 57.3 Å². The van der Waals surface area contributed by atoms with Crippen molar-refractivity contribution in [3.8, 4) is 11.4 Å². The Morgan fingerprint density at radius 1 is 1.36 bits per heavy atom. The molecule has 0 aliphatic carbocycles. The van der Waals surface area contributed by atoms with Gasteiger partial charge in [-0.1, -0.05) is 28.9 Å². The molecule has 0 saturated carbocycles. The van der Waals surface area contributed by atoms with Crippen LogP contribution in [-0.2, 0) is 11.2 Å². The Hall–Kier alpha value is -2.25. The summed E-state index contributed by atoms with van der Waals surface area (Å²) in [6.07, 6.45) is 2.93. The number of piperidine rings is 1. The molecule has 28 heavy (non-hydrogen) atoms. The number of rotatable bonds is 5. The van der Waals surface area contributed by atoms with E-state index in [0.29, 0.717) is 36.7 Å². The lowest BCUT2D eigenvalue weighted by Gasteiger charge is -2.31. The third-order valence-corrected chi connectivity index (χ3v) is 6.15. The lowest BCUT2D eigenvalue weighted by atomic mass is 9.97. The van der Waals surface area contributed by atoms with Crippen molar-refractivity contribution in [3.63, 3.8) is 0 Å². The number of thiophene rings is 1. The van der Waals surface area contributed by atoms with Gasteiger partial charge in [0, 0.05) is 30.0 Å². The Labute approximate surface area is 171 Å². The lowest BCUT2D eigenvalue weighted by Crippen LogP contribution is -2.39. The van der Waals surface area contributed by atoms with Gasteiger partial charge in [0.2, 0.25) is 17.6 Å². The summed E-state index contributed by atoms with van der Waals surface area (Å²) in [5, 5.41) is 3.98. The van der Waals surface area contributed by atoms with E-state index in [1.165, 1.54) is 23.5 Å². The number of amides is 1. The summed E-state index contributed by atoms with van der Waals surface area (Å²) in [5.74, 6) is 0.655. The second kappa shape index (κ2) is 8.41. The minimum Gasteiger partial charge on any atom is -0.342 e. The summed E-state index contributed by atoms with van der Waals surface area (Å²) in [6.45, 7) is 1.31. The highest BCUT2D eigenvalue weighted by atomic mass is 35.5. The third-order valence-electron chi connectivity index (χ3n) is 4.86. The zero-order valence-electron chi connectivity index (χ0n) is 15.1. The number of aryl methyl sites for hydroxylation is 1. The second-order valence-electron chi connectivity index (χ2n) is 6.85. The molecule has 1 fully saturated rings. The number of halogens is 2. The normalized spacial score (nSPS) is 17.1. The molecule has 8 heteroatoms. The van der Waals surface area contributed by atoms with Gasteiger partial charge in [0.05, 0.1) is 10.3 Å². The number of aromatic nitrogens is 2. The van der Waals surface area contributed by atoms with Gasteiger partial charge in [-0.3, -0.25) is 4.79 Å². The molecule has 0 radical (unpaired) electrons. The third kappa shape index (κ3) is 4.42. The first-order chi connectivity index (χ1) is 13.6. The van der Waals surface area contributed by atoms with Crippen molar-refractivity contribution in [1.29, 1.82) is 0 Å². The van der Waals surface area contributed by atoms with Gasteiger partial charge in [0.1, 0.15) is 5.82 Å². The highest BCUT2D eigenvalue weighted by Gasteiger charge is 2.28. The SMILES string of the molecule is O=C(CCc1ccc(Cl)s1)N1CCCC(c2nc(-c3cccc(F)c3)no2)C1. The molecule has 1 aromatic carbocycles. The zero-order chi connectivity index (χ0) is 19.5. The van der Waals surface area contributed by atoms with E-state index in [1.54, 1.807) is 12.1 Å². The van der Waals surface area contributed by atoms with E-state index in [-0.39, 0.29) is 17.6 Å². The lowest BCUT2D eigenvalue weighted by molar-refractivity contribution is -0.132. The van der Waals surface area contributed by atoms with Crippen LogP contribution in [0.5, 0.6) is 0 Å². The summed E-state index contributed by atoms with van der Waals surface area (Å²) in [6, 6.07) is 9.93. The maximum Gasteiger partial charge on any atom is 0.231 e. The summed E-state index contributed by atoms with van der Waals surface area (Å²) in [4.78, 5) is 20.0. The van der Waals surface area contributed by atoms with Gasteiger partial charge in [-0.15, -0.1) is 11.3 Å². The predicted octanol–water partition coefficient (Wildman–Crippen LogP) is 4.93. The van der Waals surface area contributed by atoms with E-state index in [0.717, 1.165) is 28.6 Å². The predicted molar refractivity (Wildman–Crippen MR) is 106 cm³/mol. The minimum atomic E-state index is -0.342. The Balaban J connectivity index is 1.39. The average molecular weight is 420 g/mol. The zero-order valence-corrected chi connectivity index (χ0v) is 16.7. The largest absolute Gasteiger partial charge is 0.342 e. The van der Waals surface area contributed by atoms with Gasteiger partial charge < -0.3 is 9.42 Å². The van der Waals surface area contributed by atoms with Crippen LogP contribution < -0.4 is 0 Å². The quantitative estimate of drug-likeness (QED) is 0.588. The molecule has 4 rings (SSSR count). The van der Waals surface area contributed by atoms with E-state index in [4.69, 9.17) is 16.1 Å². The molecule has 0 spiro atoms. The monoisotopic (exact) mass is 419 g/mol. The van der Waals surface area contributed by atoms with Crippen molar-refractivity contribution in [2.45, 2.75) is 31.6 Å². The number of benzene rings is 1. The van der Waals surface area contributed by atoms with Gasteiger partial charge in [0.15, 0.2) is 0 Å². The highest BCUT2D eigenvalue weighted by Crippen LogP contribution is 2.29. The molecule has 1 aliphatic heterocycles. The fourth-order valence-electron chi connectivity index (χ4n) is 3.43. The average Bonchev–Trinajstić information content (AvgIpc) is 3.35. The first kappa shape index (κ1) is 19.1. The number of hydrogen-bond donors (Lipinski definition) is 0. The standard InChI is InChI=1S/C20H19ClFN3O2S/c21-17-8-6-16(28-17)7-9-18(26)25-10-2-4-14(12-25)20-23-19(24-27-20)13-3-1-5-15(22)11-13/h1,3,5-6,8,11,14H,2,4,7,9-10,12H2. The molecule has 146 valence electrons. The smallest absolute Gasteiger partial charge is 0.231 e. The molecule has 1 atom stereocenters. The summed E-state index contributed by atoms with van der Waals surface area (Å²) in [5.41, 5.74) is 0.577. The van der Waals surface area contributed by atoms with Crippen LogP contribution in [0.1, 0.15) is 35.9 Å². The van der Waals surface area contributed by atoms with Crippen LogP contribution in [0.3, 0.4) is 0 Å². The first-order valence-electron chi connectivity index (χ1n) is 9.20. The van der Waals surface area contributed by atoms with Crippen LogP contribution in [0.25, 0.3) is 11.4 Å². The van der Waals surface area contributed by atoms with E-state index in [1.807, 2.05) is 17.0 Å². The van der Waals surface area contributed by atoms with E-state index >= 15 is 0 Å². The van der Waals surface area contributed by atoms with E-state index in [9.17, 15) is 9.18 Å². The van der Waals surface area contributed by atoms with Crippen LogP contribution in [-0.4, -0.2) is 34.0 Å². The molecule has 3 heterocycles. The van der Waals surface area contributed by atoms with Crippen molar-refractivity contribution in [2.75, 3.05) is 13.1 Å². The van der Waals surface area contributed by atoms with Crippen molar-refractivity contribution >= 4 is 28.8 Å². The molecule has 1 saturated heterocycles. The summed E-state index contributed by atoms with van der Waals surface area (Å²) >= 11 is 7.46. The molecule has 3 aromatic rings. The van der Waals surface area contributed by atoms with Crippen molar-refractivity contribution in [1.82, 2.24) is 15.0 Å². The van der Waals surface area contributed by atoms with Gasteiger partial charge in [0.25, 0.3) is 0 Å². The highest BCUT2D eigenvalue weighted by molar-refractivity contribution is 7.16. The second-order valence-corrected chi connectivity index (χ2v) is 8.65. The van der Waals surface area contributed by atoms with E-state index in [2.05, 4.69) is 10.1 Å². The molecule has 1 aliphatic rings. The Morgan fingerprint density at radius 2 is 2.25 bits per heavy atom. The van der Waals surface area contributed by atoms with E-state index < -0.39 is 0 Å². The Morgan fingerprint density at radius 3 is 3.04 bits per heavy atom. The fourth-order valence-corrected chi connectivity index (χ4v) is 4.51. The molecular weight excluding hydrogens is 401 g/mol. The van der Waals surface area contributed by atoms with Crippen LogP contribution in [0, 0.1) is 5.82 Å². The first-order valence-corrected chi connectivity index (χ1v) is 10.4. The van der Waals surface area contributed by atoms with Crippen molar-refractivity contribution < 1.29 is 13.7 Å². The van der Waals surface area contributed by atoms with Crippen LogP contribution in [0.15, 0.2) is 40.9 Å². The molecule has 0 N–H and O–H groups in total. The van der Waals surface area contributed by atoms with Gasteiger partial charge in [-0.2, -0.15) is 4.98 Å². The van der Waals surface area contributed by atoms with Crippen molar-refractivity contribution in [2.24, 2.45) is 0 Å². The van der Waals surface area contributed by atoms with Gasteiger partial charge in [-0.05, 0) is 43.5 Å². The minimum absolute atomic E-state index is 0.00342. The number of carbonyl (C=O) groups is 1. The number of nitrogens with zero attached hydrogens (tertiary/aromatic N) is 3. The maximum absolute atomic E-state index is 13.4. The Kier molecular flexibility index (Phi) is 5.73. The number of carbonyl (C=O) groups excluding carboxylic acids is 1. The van der Waals surface area contributed by atoms with Crippen LogP contribution >= 0.6 is 22.9 Å². The van der Waals surface area contributed by atoms with Gasteiger partial charge >= 0.3 is 0 Å². The summed E-state index contributed by atoms with van der Waals surface area (Å²) in [7, 11) is 0. The van der Waals surface area contributed by atoms with Crippen LogP contribution in [0.2, 0.25) is 4.34 Å². The molecule has 1 amide bonds. The number of hydrogen-bond acceptors (Lipinski definition) is 5. The topological polar surface area (TPSA) is 59.2 Å².